The number of hydrogen-bond acceptors (Lipinski definition) is 6. The number of hydrogen-bond donors (Lipinski definition) is 0. The summed E-state index contributed by atoms with van der Waals surface area (Å²) in [7, 11) is 0. The number of nitrogens with zero attached hydrogens (tertiary/aromatic N) is 2. The molecule has 5 rings (SSSR count). The van der Waals surface area contributed by atoms with Gasteiger partial charge in [-0.1, -0.05) is 19.1 Å². The zero-order chi connectivity index (χ0) is 21.9. The number of benzene rings is 1. The summed E-state index contributed by atoms with van der Waals surface area (Å²) in [6.07, 6.45) is 6.76. The first kappa shape index (κ1) is 21.3. The molecule has 6 heteroatoms. The molecule has 0 N–H and O–H groups in total. The van der Waals surface area contributed by atoms with E-state index in [0.29, 0.717) is 30.6 Å². The Labute approximate surface area is 189 Å². The lowest BCUT2D eigenvalue weighted by Gasteiger charge is -2.20. The van der Waals surface area contributed by atoms with Gasteiger partial charge >= 0.3 is 0 Å². The molecule has 0 unspecified atom stereocenters. The third kappa shape index (κ3) is 5.23. The van der Waals surface area contributed by atoms with Gasteiger partial charge in [-0.15, -0.1) is 0 Å². The second kappa shape index (κ2) is 9.49. The highest BCUT2D eigenvalue weighted by molar-refractivity contribution is 5.83. The van der Waals surface area contributed by atoms with Crippen LogP contribution in [0.5, 0.6) is 11.6 Å². The summed E-state index contributed by atoms with van der Waals surface area (Å²) >= 11 is 0. The molecular formula is C26H32N2O4. The lowest BCUT2D eigenvalue weighted by Crippen LogP contribution is -2.24. The topological polar surface area (TPSA) is 60.9 Å². The van der Waals surface area contributed by atoms with Gasteiger partial charge < -0.3 is 19.1 Å². The number of Topliss-reactive ketones (excluding diaryl/α,β-unsaturated/α-hetero) is 1. The molecule has 2 aromatic rings. The van der Waals surface area contributed by atoms with Crippen LogP contribution in [0.4, 0.5) is 5.69 Å². The molecule has 3 heterocycles. The van der Waals surface area contributed by atoms with Crippen LogP contribution in [-0.2, 0) is 9.53 Å². The van der Waals surface area contributed by atoms with Gasteiger partial charge in [0.25, 0.3) is 0 Å². The highest BCUT2D eigenvalue weighted by atomic mass is 16.5. The predicted molar refractivity (Wildman–Crippen MR) is 123 cm³/mol. The van der Waals surface area contributed by atoms with Crippen molar-refractivity contribution in [3.05, 3.63) is 48.2 Å². The summed E-state index contributed by atoms with van der Waals surface area (Å²) in [4.78, 5) is 18.8. The Balaban J connectivity index is 1.13. The van der Waals surface area contributed by atoms with Gasteiger partial charge in [-0.05, 0) is 42.5 Å². The molecule has 1 aliphatic carbocycles. The van der Waals surface area contributed by atoms with Crippen molar-refractivity contribution in [3.8, 4) is 11.6 Å². The Morgan fingerprint density at radius 1 is 1.12 bits per heavy atom. The Morgan fingerprint density at radius 3 is 2.72 bits per heavy atom. The number of carbonyl (C=O) groups excluding carboxylic acids is 1. The van der Waals surface area contributed by atoms with Crippen molar-refractivity contribution < 1.29 is 19.0 Å². The SMILES string of the molecule is C[C@H](CC(=O)C1CC1)c1ccc(O[C@@H]2CCN(c3ccnc(O[C@@H]4CCOC4)c3)C2)cc1. The van der Waals surface area contributed by atoms with Crippen molar-refractivity contribution in [2.75, 3.05) is 31.2 Å². The number of aromatic nitrogens is 1. The van der Waals surface area contributed by atoms with Crippen LogP contribution in [0.1, 0.15) is 50.5 Å². The Bertz CT molecular complexity index is 922. The first-order valence-corrected chi connectivity index (χ1v) is 11.9. The minimum atomic E-state index is 0.102. The molecule has 1 saturated carbocycles. The average Bonchev–Trinajstić information content (AvgIpc) is 3.35. The van der Waals surface area contributed by atoms with Crippen molar-refractivity contribution in [1.29, 1.82) is 0 Å². The standard InChI is InChI=1S/C26H32N2O4/c1-18(14-25(29)20-2-3-20)19-4-6-22(7-5-19)31-23-9-12-28(16-23)21-8-11-27-26(15-21)32-24-10-13-30-17-24/h4-8,11,15,18,20,23-24H,2-3,9-10,12-14,16-17H2,1H3/t18-,23-,24-/m1/s1. The van der Waals surface area contributed by atoms with Gasteiger partial charge in [0, 0.05) is 49.7 Å². The minimum absolute atomic E-state index is 0.102. The number of anilines is 1. The molecule has 3 atom stereocenters. The van der Waals surface area contributed by atoms with E-state index in [1.807, 2.05) is 30.5 Å². The Morgan fingerprint density at radius 2 is 1.97 bits per heavy atom. The maximum absolute atomic E-state index is 12.1. The smallest absolute Gasteiger partial charge is 0.215 e. The summed E-state index contributed by atoms with van der Waals surface area (Å²) in [5, 5.41) is 0. The second-order valence-electron chi connectivity index (χ2n) is 9.35. The maximum Gasteiger partial charge on any atom is 0.215 e. The molecule has 1 aromatic carbocycles. The van der Waals surface area contributed by atoms with E-state index < -0.39 is 0 Å². The van der Waals surface area contributed by atoms with Crippen molar-refractivity contribution in [3.63, 3.8) is 0 Å². The second-order valence-corrected chi connectivity index (χ2v) is 9.35. The van der Waals surface area contributed by atoms with Crippen LogP contribution >= 0.6 is 0 Å². The zero-order valence-corrected chi connectivity index (χ0v) is 18.7. The van der Waals surface area contributed by atoms with Gasteiger partial charge in [0.05, 0.1) is 19.8 Å². The molecule has 2 saturated heterocycles. The van der Waals surface area contributed by atoms with Gasteiger partial charge in [-0.2, -0.15) is 0 Å². The Hall–Kier alpha value is -2.60. The van der Waals surface area contributed by atoms with Gasteiger partial charge in [0.2, 0.25) is 5.88 Å². The van der Waals surface area contributed by atoms with E-state index in [4.69, 9.17) is 14.2 Å². The van der Waals surface area contributed by atoms with Crippen molar-refractivity contribution in [1.82, 2.24) is 4.98 Å². The molecule has 3 fully saturated rings. The maximum atomic E-state index is 12.1. The third-order valence-corrected chi connectivity index (χ3v) is 6.70. The molecule has 0 bridgehead atoms. The van der Waals surface area contributed by atoms with E-state index >= 15 is 0 Å². The molecule has 6 nitrogen and oxygen atoms in total. The number of ketones is 1. The monoisotopic (exact) mass is 436 g/mol. The molecule has 32 heavy (non-hydrogen) atoms. The molecule has 0 spiro atoms. The van der Waals surface area contributed by atoms with Crippen LogP contribution in [0.2, 0.25) is 0 Å². The van der Waals surface area contributed by atoms with Crippen LogP contribution < -0.4 is 14.4 Å². The number of ether oxygens (including phenoxy) is 3. The van der Waals surface area contributed by atoms with E-state index in [1.165, 1.54) is 5.56 Å². The van der Waals surface area contributed by atoms with E-state index in [2.05, 4.69) is 28.9 Å². The van der Waals surface area contributed by atoms with Gasteiger partial charge in [-0.3, -0.25) is 4.79 Å². The molecule has 170 valence electrons. The largest absolute Gasteiger partial charge is 0.489 e. The summed E-state index contributed by atoms with van der Waals surface area (Å²) < 4.78 is 17.6. The fourth-order valence-electron chi connectivity index (χ4n) is 4.55. The summed E-state index contributed by atoms with van der Waals surface area (Å²) in [5.74, 6) is 2.57. The summed E-state index contributed by atoms with van der Waals surface area (Å²) in [6.45, 7) is 5.31. The normalized spacial score (nSPS) is 23.8. The molecule has 0 amide bonds. The van der Waals surface area contributed by atoms with Crippen molar-refractivity contribution in [2.45, 2.75) is 57.2 Å². The summed E-state index contributed by atoms with van der Waals surface area (Å²) in [5.41, 5.74) is 2.32. The zero-order valence-electron chi connectivity index (χ0n) is 18.7. The highest BCUT2D eigenvalue weighted by Gasteiger charge is 2.30. The van der Waals surface area contributed by atoms with Crippen LogP contribution in [0.25, 0.3) is 0 Å². The first-order chi connectivity index (χ1) is 15.6. The van der Waals surface area contributed by atoms with Gasteiger partial charge in [0.15, 0.2) is 0 Å². The third-order valence-electron chi connectivity index (χ3n) is 6.70. The number of carbonyl (C=O) groups is 1. The lowest BCUT2D eigenvalue weighted by atomic mass is 9.94. The Kier molecular flexibility index (Phi) is 6.30. The van der Waals surface area contributed by atoms with Crippen LogP contribution in [0, 0.1) is 5.92 Å². The summed E-state index contributed by atoms with van der Waals surface area (Å²) in [6, 6.07) is 12.3. The van der Waals surface area contributed by atoms with Gasteiger partial charge in [-0.25, -0.2) is 4.98 Å². The number of rotatable bonds is 9. The van der Waals surface area contributed by atoms with E-state index in [0.717, 1.165) is 56.8 Å². The van der Waals surface area contributed by atoms with Crippen LogP contribution in [0.3, 0.4) is 0 Å². The van der Waals surface area contributed by atoms with E-state index in [-0.39, 0.29) is 18.1 Å². The van der Waals surface area contributed by atoms with Crippen molar-refractivity contribution >= 4 is 11.5 Å². The van der Waals surface area contributed by atoms with Gasteiger partial charge in [0.1, 0.15) is 23.7 Å². The van der Waals surface area contributed by atoms with E-state index in [1.54, 1.807) is 0 Å². The quantitative estimate of drug-likeness (QED) is 0.581. The minimum Gasteiger partial charge on any atom is -0.489 e. The molecule has 0 radical (unpaired) electrons. The molecule has 3 aliphatic rings. The van der Waals surface area contributed by atoms with Crippen molar-refractivity contribution in [2.24, 2.45) is 5.92 Å². The molecular weight excluding hydrogens is 404 g/mol. The number of pyridine rings is 1. The molecule has 2 aliphatic heterocycles. The fourth-order valence-corrected chi connectivity index (χ4v) is 4.55. The fraction of sp³-hybridized carbons (Fsp3) is 0.538. The first-order valence-electron chi connectivity index (χ1n) is 11.9. The van der Waals surface area contributed by atoms with Crippen LogP contribution in [-0.4, -0.2) is 49.3 Å². The molecule has 1 aromatic heterocycles. The van der Waals surface area contributed by atoms with E-state index in [9.17, 15) is 4.79 Å². The lowest BCUT2D eigenvalue weighted by molar-refractivity contribution is -0.120. The highest BCUT2D eigenvalue weighted by Crippen LogP contribution is 2.34. The van der Waals surface area contributed by atoms with Crippen LogP contribution in [0.15, 0.2) is 42.6 Å². The average molecular weight is 437 g/mol. The predicted octanol–water partition coefficient (Wildman–Crippen LogP) is 4.38.